The first-order valence-corrected chi connectivity index (χ1v) is 7.37. The van der Waals surface area contributed by atoms with E-state index in [0.717, 1.165) is 22.7 Å². The Balaban J connectivity index is 2.07. The molecule has 0 bridgehead atoms. The molecule has 3 rings (SSSR count). The number of nitrogens with zero attached hydrogens (tertiary/aromatic N) is 4. The van der Waals surface area contributed by atoms with Gasteiger partial charge in [0.15, 0.2) is 11.6 Å². The molecule has 0 aliphatic heterocycles. The molecule has 0 atom stereocenters. The second kappa shape index (κ2) is 6.84. The van der Waals surface area contributed by atoms with Crippen LogP contribution in [0.1, 0.15) is 5.82 Å². The lowest BCUT2D eigenvalue weighted by molar-refractivity contribution is 0.414. The number of ether oxygens (including phenoxy) is 2. The van der Waals surface area contributed by atoms with Crippen molar-refractivity contribution in [1.82, 2.24) is 14.8 Å². The minimum Gasteiger partial charge on any atom is -0.497 e. The predicted octanol–water partition coefficient (Wildman–Crippen LogP) is 3.02. The third-order valence-corrected chi connectivity index (χ3v) is 3.55. The summed E-state index contributed by atoms with van der Waals surface area (Å²) in [6.45, 7) is 0. The zero-order valence-corrected chi connectivity index (χ0v) is 13.4. The van der Waals surface area contributed by atoms with E-state index in [1.165, 1.54) is 0 Å². The smallest absolute Gasteiger partial charge is 0.165 e. The summed E-state index contributed by atoms with van der Waals surface area (Å²) in [4.78, 5) is 4.50. The van der Waals surface area contributed by atoms with E-state index in [4.69, 9.17) is 14.7 Å². The number of methoxy groups -OCH3 is 2. The van der Waals surface area contributed by atoms with Crippen LogP contribution in [0.15, 0.2) is 48.5 Å². The summed E-state index contributed by atoms with van der Waals surface area (Å²) in [6.07, 6.45) is 0.159. The maximum absolute atomic E-state index is 8.93. The summed E-state index contributed by atoms with van der Waals surface area (Å²) in [5, 5.41) is 13.4. The normalized spacial score (nSPS) is 10.2. The fraction of sp³-hybridized carbons (Fsp3) is 0.167. The lowest BCUT2D eigenvalue weighted by atomic mass is 10.2. The van der Waals surface area contributed by atoms with E-state index >= 15 is 0 Å². The van der Waals surface area contributed by atoms with Crippen molar-refractivity contribution in [3.05, 3.63) is 54.4 Å². The summed E-state index contributed by atoms with van der Waals surface area (Å²) in [5.41, 5.74) is 1.74. The third-order valence-electron chi connectivity index (χ3n) is 3.55. The molecule has 6 heteroatoms. The molecule has 0 fully saturated rings. The van der Waals surface area contributed by atoms with Crippen LogP contribution >= 0.6 is 0 Å². The molecule has 120 valence electrons. The van der Waals surface area contributed by atoms with Gasteiger partial charge in [0.2, 0.25) is 0 Å². The minimum atomic E-state index is 0.159. The first-order chi connectivity index (χ1) is 11.7. The van der Waals surface area contributed by atoms with Crippen molar-refractivity contribution in [3.8, 4) is 34.6 Å². The van der Waals surface area contributed by atoms with E-state index in [9.17, 15) is 0 Å². The lowest BCUT2D eigenvalue weighted by Gasteiger charge is -2.07. The van der Waals surface area contributed by atoms with E-state index < -0.39 is 0 Å². The number of nitriles is 1. The van der Waals surface area contributed by atoms with E-state index in [1.54, 1.807) is 18.9 Å². The maximum Gasteiger partial charge on any atom is 0.165 e. The first kappa shape index (κ1) is 15.6. The van der Waals surface area contributed by atoms with Gasteiger partial charge in [0.05, 0.1) is 32.4 Å². The summed E-state index contributed by atoms with van der Waals surface area (Å²) in [7, 11) is 3.25. The average Bonchev–Trinajstić information content (AvgIpc) is 3.06. The third kappa shape index (κ3) is 3.06. The van der Waals surface area contributed by atoms with Crippen LogP contribution in [0.25, 0.3) is 17.1 Å². The van der Waals surface area contributed by atoms with Crippen LogP contribution in [0.4, 0.5) is 0 Å². The zero-order chi connectivity index (χ0) is 16.9. The van der Waals surface area contributed by atoms with Crippen LogP contribution < -0.4 is 9.47 Å². The summed E-state index contributed by atoms with van der Waals surface area (Å²) in [5.74, 6) is 2.70. The molecule has 1 heterocycles. The van der Waals surface area contributed by atoms with Gasteiger partial charge in [-0.15, -0.1) is 5.10 Å². The fourth-order valence-electron chi connectivity index (χ4n) is 2.33. The number of hydrogen-bond acceptors (Lipinski definition) is 5. The topological polar surface area (TPSA) is 73.0 Å². The second-order valence-corrected chi connectivity index (χ2v) is 5.02. The van der Waals surface area contributed by atoms with Crippen molar-refractivity contribution in [2.45, 2.75) is 6.42 Å². The van der Waals surface area contributed by atoms with Gasteiger partial charge in [0.1, 0.15) is 11.5 Å². The van der Waals surface area contributed by atoms with Gasteiger partial charge >= 0.3 is 0 Å². The summed E-state index contributed by atoms with van der Waals surface area (Å²) in [6, 6.07) is 17.2. The highest BCUT2D eigenvalue weighted by atomic mass is 16.5. The van der Waals surface area contributed by atoms with Gasteiger partial charge in [-0.1, -0.05) is 0 Å². The standard InChI is InChI=1S/C18H16N4O2/c1-23-15-7-3-13(4-8-15)18-20-17(11-12-19)21-22(18)14-5-9-16(24-2)10-6-14/h3-10H,11H2,1-2H3. The Bertz CT molecular complexity index is 797. The van der Waals surface area contributed by atoms with Crippen molar-refractivity contribution in [1.29, 1.82) is 5.26 Å². The van der Waals surface area contributed by atoms with E-state index in [1.807, 2.05) is 48.5 Å². The molecular formula is C18H16N4O2. The van der Waals surface area contributed by atoms with Gasteiger partial charge in [0, 0.05) is 5.56 Å². The maximum atomic E-state index is 8.93. The SMILES string of the molecule is COc1ccc(-c2nc(CC#N)nn2-c2ccc(OC)cc2)cc1. The Labute approximate surface area is 139 Å². The number of rotatable bonds is 5. The molecule has 24 heavy (non-hydrogen) atoms. The molecule has 0 N–H and O–H groups in total. The molecule has 0 radical (unpaired) electrons. The molecule has 0 saturated carbocycles. The molecule has 1 aromatic heterocycles. The highest BCUT2D eigenvalue weighted by Gasteiger charge is 2.14. The summed E-state index contributed by atoms with van der Waals surface area (Å²) >= 11 is 0. The van der Waals surface area contributed by atoms with Gasteiger partial charge < -0.3 is 9.47 Å². The Morgan fingerprint density at radius 1 is 0.958 bits per heavy atom. The highest BCUT2D eigenvalue weighted by molar-refractivity contribution is 5.59. The van der Waals surface area contributed by atoms with Gasteiger partial charge in [0.25, 0.3) is 0 Å². The van der Waals surface area contributed by atoms with Crippen LogP contribution in [0.5, 0.6) is 11.5 Å². The van der Waals surface area contributed by atoms with Gasteiger partial charge in [-0.05, 0) is 48.5 Å². The molecule has 3 aromatic rings. The van der Waals surface area contributed by atoms with Gasteiger partial charge in [-0.3, -0.25) is 0 Å². The molecule has 0 spiro atoms. The largest absolute Gasteiger partial charge is 0.497 e. The number of hydrogen-bond donors (Lipinski definition) is 0. The number of benzene rings is 2. The van der Waals surface area contributed by atoms with Crippen LogP contribution in [-0.4, -0.2) is 29.0 Å². The van der Waals surface area contributed by atoms with Gasteiger partial charge in [-0.25, -0.2) is 9.67 Å². The average molecular weight is 320 g/mol. The Morgan fingerprint density at radius 2 is 1.54 bits per heavy atom. The van der Waals surface area contributed by atoms with E-state index in [-0.39, 0.29) is 6.42 Å². The predicted molar refractivity (Wildman–Crippen MR) is 89.2 cm³/mol. The summed E-state index contributed by atoms with van der Waals surface area (Å²) < 4.78 is 12.1. The molecule has 0 amide bonds. The van der Waals surface area contributed by atoms with Crippen LogP contribution in [0, 0.1) is 11.3 Å². The number of aromatic nitrogens is 3. The van der Waals surface area contributed by atoms with Crippen LogP contribution in [0.2, 0.25) is 0 Å². The van der Waals surface area contributed by atoms with Crippen molar-refractivity contribution in [3.63, 3.8) is 0 Å². The Kier molecular flexibility index (Phi) is 4.43. The first-order valence-electron chi connectivity index (χ1n) is 7.37. The Morgan fingerprint density at radius 3 is 2.08 bits per heavy atom. The Hall–Kier alpha value is -3.33. The van der Waals surface area contributed by atoms with Gasteiger partial charge in [-0.2, -0.15) is 5.26 Å². The van der Waals surface area contributed by atoms with Crippen molar-refractivity contribution < 1.29 is 9.47 Å². The molecule has 0 unspecified atom stereocenters. The van der Waals surface area contributed by atoms with Crippen molar-refractivity contribution in [2.24, 2.45) is 0 Å². The second-order valence-electron chi connectivity index (χ2n) is 5.02. The molecule has 0 aliphatic carbocycles. The lowest BCUT2D eigenvalue weighted by Crippen LogP contribution is -2.00. The minimum absolute atomic E-state index is 0.159. The molecule has 0 aliphatic rings. The van der Waals surface area contributed by atoms with E-state index in [2.05, 4.69) is 16.2 Å². The van der Waals surface area contributed by atoms with Crippen molar-refractivity contribution in [2.75, 3.05) is 14.2 Å². The van der Waals surface area contributed by atoms with Crippen molar-refractivity contribution >= 4 is 0 Å². The molecule has 0 saturated heterocycles. The monoisotopic (exact) mass is 320 g/mol. The molecular weight excluding hydrogens is 304 g/mol. The highest BCUT2D eigenvalue weighted by Crippen LogP contribution is 2.24. The molecule has 6 nitrogen and oxygen atoms in total. The zero-order valence-electron chi connectivity index (χ0n) is 13.4. The van der Waals surface area contributed by atoms with Crippen LogP contribution in [0.3, 0.4) is 0 Å². The van der Waals surface area contributed by atoms with E-state index in [0.29, 0.717) is 11.6 Å². The van der Waals surface area contributed by atoms with Crippen LogP contribution in [-0.2, 0) is 6.42 Å². The quantitative estimate of drug-likeness (QED) is 0.722. The molecule has 2 aromatic carbocycles. The fourth-order valence-corrected chi connectivity index (χ4v) is 2.33.